The Bertz CT molecular complexity index is 898. The summed E-state index contributed by atoms with van der Waals surface area (Å²) in [5.74, 6) is -0.289. The van der Waals surface area contributed by atoms with Gasteiger partial charge in [0.05, 0.1) is 26.4 Å². The number of phenols is 1. The molecule has 2 aliphatic rings. The van der Waals surface area contributed by atoms with E-state index in [4.69, 9.17) is 23.7 Å². The molecule has 1 saturated heterocycles. The van der Waals surface area contributed by atoms with E-state index < -0.39 is 48.8 Å². The Morgan fingerprint density at radius 1 is 1.17 bits per heavy atom. The van der Waals surface area contributed by atoms with Crippen LogP contribution in [0.25, 0.3) is 0 Å². The molecule has 1 aromatic rings. The molecule has 2 unspecified atom stereocenters. The molecule has 0 radical (unpaired) electrons. The summed E-state index contributed by atoms with van der Waals surface area (Å²) in [7, 11) is 1.59. The summed E-state index contributed by atoms with van der Waals surface area (Å²) in [6.45, 7) is 2.48. The van der Waals surface area contributed by atoms with Crippen LogP contribution in [0.4, 0.5) is 0 Å². The Balaban J connectivity index is 1.61. The molecule has 12 nitrogen and oxygen atoms in total. The van der Waals surface area contributed by atoms with Gasteiger partial charge in [-0.15, -0.1) is 11.8 Å². The average Bonchev–Trinajstić information content (AvgIpc) is 3.24. The van der Waals surface area contributed by atoms with Crippen molar-refractivity contribution in [1.82, 2.24) is 0 Å². The monoisotopic (exact) mass is 517 g/mol. The molecule has 2 heterocycles. The highest BCUT2D eigenvalue weighted by molar-refractivity contribution is 8.14. The number of ether oxygens (including phenoxy) is 5. The van der Waals surface area contributed by atoms with Crippen molar-refractivity contribution >= 4 is 22.8 Å². The Labute approximate surface area is 206 Å². The van der Waals surface area contributed by atoms with E-state index in [1.807, 2.05) is 0 Å². The number of methoxy groups -OCH3 is 1. The smallest absolute Gasteiger partial charge is 0.337 e. The molecule has 0 amide bonds. The van der Waals surface area contributed by atoms with Gasteiger partial charge in [0.25, 0.3) is 0 Å². The minimum absolute atomic E-state index is 0.0828. The summed E-state index contributed by atoms with van der Waals surface area (Å²) in [5.41, 5.74) is -0.956. The minimum atomic E-state index is -1.71. The summed E-state index contributed by atoms with van der Waals surface area (Å²) < 4.78 is 26.2. The molecule has 6 atom stereocenters. The van der Waals surface area contributed by atoms with Crippen molar-refractivity contribution in [2.75, 3.05) is 45.9 Å². The quantitative estimate of drug-likeness (QED) is 0.180. The van der Waals surface area contributed by atoms with Crippen LogP contribution in [0.3, 0.4) is 0 Å². The molecule has 3 rings (SSSR count). The summed E-state index contributed by atoms with van der Waals surface area (Å²) >= 11 is 1.23. The van der Waals surface area contributed by atoms with Crippen molar-refractivity contribution in [3.05, 3.63) is 23.8 Å². The van der Waals surface area contributed by atoms with Crippen LogP contribution in [0, 0.1) is 0 Å². The van der Waals surface area contributed by atoms with Crippen LogP contribution in [0.1, 0.15) is 12.5 Å². The standard InChI is InChI=1S/C22H31NO11S/c1-22(21(29)34-20-18(28)17(27)16(26)15(10-24)33-20)11-35-19(23-22)13-4-3-12(9-14(13)25)32-8-7-31-6-5-30-2/h3-4,9,15-18,20,24-28H,5-8,10-11H2,1-2H3/t15?,16-,17-,18?,20+,22+/m0/s1. The van der Waals surface area contributed by atoms with Crippen LogP contribution in [-0.2, 0) is 23.7 Å². The molecule has 0 bridgehead atoms. The second-order valence-corrected chi connectivity index (χ2v) is 9.18. The van der Waals surface area contributed by atoms with Crippen molar-refractivity contribution in [3.8, 4) is 11.5 Å². The molecule has 1 aromatic carbocycles. The van der Waals surface area contributed by atoms with Gasteiger partial charge >= 0.3 is 5.97 Å². The van der Waals surface area contributed by atoms with Crippen molar-refractivity contribution in [3.63, 3.8) is 0 Å². The zero-order valence-electron chi connectivity index (χ0n) is 19.4. The van der Waals surface area contributed by atoms with Crippen LogP contribution < -0.4 is 4.74 Å². The van der Waals surface area contributed by atoms with Gasteiger partial charge < -0.3 is 49.2 Å². The molecule has 5 N–H and O–H groups in total. The Morgan fingerprint density at radius 3 is 2.60 bits per heavy atom. The lowest BCUT2D eigenvalue weighted by Gasteiger charge is -2.39. The van der Waals surface area contributed by atoms with E-state index in [0.717, 1.165) is 0 Å². The fourth-order valence-electron chi connectivity index (χ4n) is 3.38. The molecule has 0 spiro atoms. The van der Waals surface area contributed by atoms with E-state index in [2.05, 4.69) is 4.99 Å². The Morgan fingerprint density at radius 2 is 1.91 bits per heavy atom. The number of carbonyl (C=O) groups excluding carboxylic acids is 1. The van der Waals surface area contributed by atoms with E-state index in [1.165, 1.54) is 24.8 Å². The van der Waals surface area contributed by atoms with Crippen molar-refractivity contribution in [1.29, 1.82) is 0 Å². The molecular weight excluding hydrogens is 486 g/mol. The number of aromatic hydroxyl groups is 1. The summed E-state index contributed by atoms with van der Waals surface area (Å²) in [6, 6.07) is 4.72. The summed E-state index contributed by atoms with van der Waals surface area (Å²) in [5, 5.41) is 50.0. The highest BCUT2D eigenvalue weighted by atomic mass is 32.2. The molecule has 0 aliphatic carbocycles. The highest BCUT2D eigenvalue weighted by Crippen LogP contribution is 2.36. The van der Waals surface area contributed by atoms with Crippen LogP contribution in [0.15, 0.2) is 23.2 Å². The SMILES string of the molecule is COCCOCCOc1ccc(C2=N[C@@](C)(C(=O)O[C@H]3OC(CO)[C@H](O)[C@H](O)C3O)CS2)c(O)c1. The number of esters is 1. The third-order valence-corrected chi connectivity index (χ3v) is 6.77. The number of aliphatic imine (C=N–C) groups is 1. The van der Waals surface area contributed by atoms with Crippen molar-refractivity contribution in [2.24, 2.45) is 4.99 Å². The summed E-state index contributed by atoms with van der Waals surface area (Å²) in [4.78, 5) is 17.3. The summed E-state index contributed by atoms with van der Waals surface area (Å²) in [6.07, 6.45) is -7.74. The maximum atomic E-state index is 12.8. The van der Waals surface area contributed by atoms with Crippen LogP contribution >= 0.6 is 11.8 Å². The number of benzene rings is 1. The molecule has 2 aliphatic heterocycles. The molecular formula is C22H31NO11S. The maximum absolute atomic E-state index is 12.8. The number of carbonyl (C=O) groups is 1. The number of phenolic OH excluding ortho intramolecular Hbond substituents is 1. The number of aliphatic hydroxyl groups is 4. The predicted octanol–water partition coefficient (Wildman–Crippen LogP) is -0.971. The van der Waals surface area contributed by atoms with Gasteiger partial charge in [-0.05, 0) is 19.1 Å². The molecule has 0 aromatic heterocycles. The second-order valence-electron chi connectivity index (χ2n) is 8.21. The number of nitrogens with zero attached hydrogens (tertiary/aromatic N) is 1. The van der Waals surface area contributed by atoms with Crippen LogP contribution in [0.5, 0.6) is 11.5 Å². The first-order chi connectivity index (χ1) is 16.7. The van der Waals surface area contributed by atoms with E-state index in [-0.39, 0.29) is 11.5 Å². The minimum Gasteiger partial charge on any atom is -0.507 e. The Hall–Kier alpha value is -1.97. The third kappa shape index (κ3) is 6.62. The molecule has 1 fully saturated rings. The van der Waals surface area contributed by atoms with Gasteiger partial charge in [-0.2, -0.15) is 0 Å². The van der Waals surface area contributed by atoms with Crippen molar-refractivity contribution in [2.45, 2.75) is 43.2 Å². The number of hydrogen-bond acceptors (Lipinski definition) is 13. The predicted molar refractivity (Wildman–Crippen MR) is 124 cm³/mol. The molecule has 196 valence electrons. The molecule has 35 heavy (non-hydrogen) atoms. The number of hydrogen-bond donors (Lipinski definition) is 5. The third-order valence-electron chi connectivity index (χ3n) is 5.48. The van der Waals surface area contributed by atoms with Gasteiger partial charge in [0, 0.05) is 24.5 Å². The lowest BCUT2D eigenvalue weighted by Crippen LogP contribution is -2.60. The molecule has 13 heteroatoms. The zero-order valence-corrected chi connectivity index (χ0v) is 20.2. The number of aliphatic hydroxyl groups excluding tert-OH is 4. The first kappa shape index (κ1) is 27.6. The van der Waals surface area contributed by atoms with E-state index >= 15 is 0 Å². The highest BCUT2D eigenvalue weighted by Gasteiger charge is 2.48. The topological polar surface area (TPSA) is 177 Å². The fraction of sp³-hybridized carbons (Fsp3) is 0.636. The van der Waals surface area contributed by atoms with E-state index in [1.54, 1.807) is 19.2 Å². The number of rotatable bonds is 11. The fourth-order valence-corrected chi connectivity index (χ4v) is 4.58. The van der Waals surface area contributed by atoms with Crippen LogP contribution in [0.2, 0.25) is 0 Å². The maximum Gasteiger partial charge on any atom is 0.337 e. The first-order valence-corrected chi connectivity index (χ1v) is 12.0. The van der Waals surface area contributed by atoms with Crippen molar-refractivity contribution < 1.29 is 54.0 Å². The molecule has 0 saturated carbocycles. The van der Waals surface area contributed by atoms with Gasteiger partial charge in [0.2, 0.25) is 6.29 Å². The largest absolute Gasteiger partial charge is 0.507 e. The zero-order chi connectivity index (χ0) is 25.6. The van der Waals surface area contributed by atoms with E-state index in [0.29, 0.717) is 42.8 Å². The Kier molecular flexibility index (Phi) is 9.72. The normalized spacial score (nSPS) is 30.7. The van der Waals surface area contributed by atoms with Gasteiger partial charge in [0.1, 0.15) is 47.6 Å². The lowest BCUT2D eigenvalue weighted by atomic mass is 9.99. The van der Waals surface area contributed by atoms with Gasteiger partial charge in [-0.1, -0.05) is 0 Å². The lowest BCUT2D eigenvalue weighted by molar-refractivity contribution is -0.293. The van der Waals surface area contributed by atoms with Gasteiger partial charge in [-0.3, -0.25) is 4.99 Å². The van der Waals surface area contributed by atoms with Gasteiger partial charge in [-0.25, -0.2) is 4.79 Å². The van der Waals surface area contributed by atoms with Gasteiger partial charge in [0.15, 0.2) is 5.54 Å². The second kappa shape index (κ2) is 12.3. The van der Waals surface area contributed by atoms with Crippen LogP contribution in [-0.4, -0.2) is 119 Å². The first-order valence-electron chi connectivity index (χ1n) is 11.0. The number of thioether (sulfide) groups is 1. The average molecular weight is 518 g/mol. The van der Waals surface area contributed by atoms with E-state index in [9.17, 15) is 30.3 Å².